The Balaban J connectivity index is 2.51. The van der Waals surface area contributed by atoms with Gasteiger partial charge in [0.15, 0.2) is 0 Å². The second-order valence-corrected chi connectivity index (χ2v) is 5.14. The maximum atomic E-state index is 2.61. The molecular formula is C13H25N. The molecule has 0 aromatic carbocycles. The van der Waals surface area contributed by atoms with Gasteiger partial charge in [-0.2, -0.15) is 0 Å². The fourth-order valence-electron chi connectivity index (χ4n) is 2.20. The molecule has 1 rings (SSSR count). The zero-order valence-electron chi connectivity index (χ0n) is 10.4. The zero-order chi connectivity index (χ0) is 10.7. The van der Waals surface area contributed by atoms with Gasteiger partial charge in [0.05, 0.1) is 0 Å². The molecule has 0 bridgehead atoms. The number of hydrogen-bond donors (Lipinski definition) is 0. The molecule has 0 N–H and O–H groups in total. The summed E-state index contributed by atoms with van der Waals surface area (Å²) >= 11 is 0. The highest BCUT2D eigenvalue weighted by molar-refractivity contribution is 4.97. The summed E-state index contributed by atoms with van der Waals surface area (Å²) in [7, 11) is 0. The van der Waals surface area contributed by atoms with Crippen molar-refractivity contribution < 1.29 is 0 Å². The fourth-order valence-corrected chi connectivity index (χ4v) is 2.20. The lowest BCUT2D eigenvalue weighted by Crippen LogP contribution is -2.45. The van der Waals surface area contributed by atoms with E-state index in [1.165, 1.54) is 18.5 Å². The second kappa shape index (κ2) is 4.97. The van der Waals surface area contributed by atoms with Crippen LogP contribution in [0.2, 0.25) is 0 Å². The number of rotatable bonds is 2. The lowest BCUT2D eigenvalue weighted by molar-refractivity contribution is 0.0861. The summed E-state index contributed by atoms with van der Waals surface area (Å²) in [5, 5.41) is 0. The van der Waals surface area contributed by atoms with Crippen LogP contribution < -0.4 is 0 Å². The third-order valence-corrected chi connectivity index (χ3v) is 3.84. The van der Waals surface area contributed by atoms with Crippen LogP contribution in [0.3, 0.4) is 0 Å². The minimum absolute atomic E-state index is 0.745. The Morgan fingerprint density at radius 2 is 1.93 bits per heavy atom. The number of nitrogens with zero attached hydrogens (tertiary/aromatic N) is 1. The average Bonchev–Trinajstić information content (AvgIpc) is 2.13. The molecule has 1 heteroatoms. The predicted octanol–water partition coefficient (Wildman–Crippen LogP) is 3.32. The molecule has 0 radical (unpaired) electrons. The molecule has 0 aromatic rings. The van der Waals surface area contributed by atoms with Crippen molar-refractivity contribution in [2.75, 3.05) is 13.1 Å². The van der Waals surface area contributed by atoms with Crippen molar-refractivity contribution in [2.45, 2.75) is 47.1 Å². The number of hydrogen-bond acceptors (Lipinski definition) is 1. The molecule has 1 fully saturated rings. The van der Waals surface area contributed by atoms with Crippen molar-refractivity contribution in [1.29, 1.82) is 0 Å². The van der Waals surface area contributed by atoms with Crippen LogP contribution in [0, 0.1) is 11.8 Å². The normalized spacial score (nSPS) is 34.2. The molecule has 1 heterocycles. The molecule has 0 unspecified atom stereocenters. The van der Waals surface area contributed by atoms with E-state index in [1.807, 2.05) is 0 Å². The van der Waals surface area contributed by atoms with E-state index < -0.39 is 0 Å². The minimum atomic E-state index is 0.745. The zero-order valence-corrected chi connectivity index (χ0v) is 10.4. The van der Waals surface area contributed by atoms with E-state index in [2.05, 4.69) is 45.6 Å². The van der Waals surface area contributed by atoms with Gasteiger partial charge in [-0.3, -0.25) is 4.90 Å². The highest BCUT2D eigenvalue weighted by atomic mass is 15.2. The molecule has 0 amide bonds. The van der Waals surface area contributed by atoms with Crippen LogP contribution in [0.5, 0.6) is 0 Å². The van der Waals surface area contributed by atoms with Gasteiger partial charge in [-0.15, -0.1) is 0 Å². The summed E-state index contributed by atoms with van der Waals surface area (Å²) in [6, 6.07) is 0.745. The Kier molecular flexibility index (Phi) is 4.18. The van der Waals surface area contributed by atoms with Gasteiger partial charge < -0.3 is 0 Å². The molecule has 0 aromatic heterocycles. The molecule has 0 aliphatic carbocycles. The Bertz CT molecular complexity index is 203. The van der Waals surface area contributed by atoms with Crippen molar-refractivity contribution in [1.82, 2.24) is 4.90 Å². The Morgan fingerprint density at radius 1 is 1.29 bits per heavy atom. The predicted molar refractivity (Wildman–Crippen MR) is 63.4 cm³/mol. The summed E-state index contributed by atoms with van der Waals surface area (Å²) in [4.78, 5) is 2.61. The van der Waals surface area contributed by atoms with Gasteiger partial charge >= 0.3 is 0 Å². The van der Waals surface area contributed by atoms with E-state index in [-0.39, 0.29) is 0 Å². The molecule has 0 spiro atoms. The van der Waals surface area contributed by atoms with Crippen molar-refractivity contribution in [3.05, 3.63) is 11.6 Å². The van der Waals surface area contributed by atoms with Crippen LogP contribution in [-0.2, 0) is 0 Å². The van der Waals surface area contributed by atoms with Gasteiger partial charge in [-0.1, -0.05) is 25.5 Å². The Labute approximate surface area is 89.2 Å². The largest absolute Gasteiger partial charge is 0.297 e. The van der Waals surface area contributed by atoms with Crippen LogP contribution >= 0.6 is 0 Å². The first-order valence-electron chi connectivity index (χ1n) is 5.89. The van der Waals surface area contributed by atoms with Crippen molar-refractivity contribution in [3.63, 3.8) is 0 Å². The van der Waals surface area contributed by atoms with Crippen molar-refractivity contribution in [2.24, 2.45) is 11.8 Å². The highest BCUT2D eigenvalue weighted by Gasteiger charge is 2.28. The summed E-state index contributed by atoms with van der Waals surface area (Å²) in [6.45, 7) is 13.9. The van der Waals surface area contributed by atoms with Crippen LogP contribution in [0.15, 0.2) is 11.6 Å². The monoisotopic (exact) mass is 195 g/mol. The molecule has 82 valence electrons. The molecule has 1 aliphatic rings. The van der Waals surface area contributed by atoms with E-state index in [1.54, 1.807) is 0 Å². The quantitative estimate of drug-likeness (QED) is 0.611. The molecule has 0 saturated carbocycles. The Hall–Kier alpha value is -0.300. The number of piperidine rings is 1. The molecular weight excluding hydrogens is 170 g/mol. The first-order valence-corrected chi connectivity index (χ1v) is 5.89. The van der Waals surface area contributed by atoms with Crippen molar-refractivity contribution in [3.8, 4) is 0 Å². The number of likely N-dealkylation sites (tertiary alicyclic amines) is 1. The highest BCUT2D eigenvalue weighted by Crippen LogP contribution is 2.28. The maximum absolute atomic E-state index is 2.61. The van der Waals surface area contributed by atoms with E-state index >= 15 is 0 Å². The first-order chi connectivity index (χ1) is 6.52. The lowest BCUT2D eigenvalue weighted by Gasteiger charge is -2.41. The lowest BCUT2D eigenvalue weighted by atomic mass is 9.83. The summed E-state index contributed by atoms with van der Waals surface area (Å²) < 4.78 is 0. The standard InChI is InChI=1S/C13H25N/c1-10(2)6-8-14-9-7-11(3)12(4)13(14)5/h6,11-13H,7-9H2,1-5H3/t11-,12+,13-/m1/s1. The van der Waals surface area contributed by atoms with Crippen LogP contribution in [0.25, 0.3) is 0 Å². The smallest absolute Gasteiger partial charge is 0.0168 e. The molecule has 1 saturated heterocycles. The summed E-state index contributed by atoms with van der Waals surface area (Å²) in [5.41, 5.74) is 1.43. The van der Waals surface area contributed by atoms with Gasteiger partial charge in [0.2, 0.25) is 0 Å². The summed E-state index contributed by atoms with van der Waals surface area (Å²) in [6.07, 6.45) is 3.71. The van der Waals surface area contributed by atoms with Crippen LogP contribution in [-0.4, -0.2) is 24.0 Å². The third kappa shape index (κ3) is 2.84. The Morgan fingerprint density at radius 3 is 2.50 bits per heavy atom. The molecule has 1 nitrogen and oxygen atoms in total. The van der Waals surface area contributed by atoms with E-state index in [4.69, 9.17) is 0 Å². The molecule has 3 atom stereocenters. The number of allylic oxidation sites excluding steroid dienone is 1. The first kappa shape index (κ1) is 11.8. The van der Waals surface area contributed by atoms with E-state index in [0.29, 0.717) is 0 Å². The molecule has 1 aliphatic heterocycles. The maximum Gasteiger partial charge on any atom is 0.0168 e. The van der Waals surface area contributed by atoms with Gasteiger partial charge in [0, 0.05) is 12.6 Å². The SMILES string of the molecule is CC(C)=CCN1CC[C@@H](C)[C@H](C)[C@H]1C. The van der Waals surface area contributed by atoms with Gasteiger partial charge in [0.25, 0.3) is 0 Å². The van der Waals surface area contributed by atoms with E-state index in [0.717, 1.165) is 24.4 Å². The van der Waals surface area contributed by atoms with Crippen molar-refractivity contribution >= 4 is 0 Å². The molecule has 14 heavy (non-hydrogen) atoms. The van der Waals surface area contributed by atoms with Gasteiger partial charge in [-0.25, -0.2) is 0 Å². The fraction of sp³-hybridized carbons (Fsp3) is 0.846. The van der Waals surface area contributed by atoms with Gasteiger partial charge in [-0.05, 0) is 45.6 Å². The summed E-state index contributed by atoms with van der Waals surface area (Å²) in [5.74, 6) is 1.74. The van der Waals surface area contributed by atoms with Crippen LogP contribution in [0.1, 0.15) is 41.0 Å². The minimum Gasteiger partial charge on any atom is -0.297 e. The second-order valence-electron chi connectivity index (χ2n) is 5.14. The topological polar surface area (TPSA) is 3.24 Å². The third-order valence-electron chi connectivity index (χ3n) is 3.84. The average molecular weight is 195 g/mol. The van der Waals surface area contributed by atoms with E-state index in [9.17, 15) is 0 Å². The van der Waals surface area contributed by atoms with Crippen LogP contribution in [0.4, 0.5) is 0 Å². The van der Waals surface area contributed by atoms with Gasteiger partial charge in [0.1, 0.15) is 0 Å².